The molecule has 1 aliphatic heterocycles. The van der Waals surface area contributed by atoms with Crippen LogP contribution >= 0.6 is 0 Å². The summed E-state index contributed by atoms with van der Waals surface area (Å²) < 4.78 is 0. The minimum Gasteiger partial charge on any atom is -0.352 e. The molecule has 0 spiro atoms. The van der Waals surface area contributed by atoms with Gasteiger partial charge in [0.25, 0.3) is 0 Å². The average molecular weight is 507 g/mol. The SMILES string of the molecule is C=Cc1cc(-c2c(C3CC3)nc(N3CCN(C(=O)CCC4CC4)C(C4CC4)C3)c(C#N)c2C)c(C#N)cn1. The third-order valence-electron chi connectivity index (χ3n) is 8.72. The van der Waals surface area contributed by atoms with Crippen LogP contribution in [0.2, 0.25) is 0 Å². The van der Waals surface area contributed by atoms with Crippen molar-refractivity contribution in [3.8, 4) is 23.3 Å². The zero-order chi connectivity index (χ0) is 26.4. The van der Waals surface area contributed by atoms with Crippen LogP contribution in [-0.2, 0) is 4.79 Å². The summed E-state index contributed by atoms with van der Waals surface area (Å²) in [6, 6.07) is 6.81. The number of amides is 1. The second-order valence-electron chi connectivity index (χ2n) is 11.5. The van der Waals surface area contributed by atoms with E-state index in [0.717, 1.165) is 59.9 Å². The van der Waals surface area contributed by atoms with Crippen molar-refractivity contribution >= 4 is 17.8 Å². The van der Waals surface area contributed by atoms with E-state index in [1.165, 1.54) is 25.7 Å². The third-order valence-corrected chi connectivity index (χ3v) is 8.72. The van der Waals surface area contributed by atoms with Gasteiger partial charge in [0, 0.05) is 49.3 Å². The van der Waals surface area contributed by atoms with E-state index in [1.54, 1.807) is 12.3 Å². The monoisotopic (exact) mass is 506 g/mol. The highest BCUT2D eigenvalue weighted by atomic mass is 16.2. The van der Waals surface area contributed by atoms with Gasteiger partial charge in [-0.2, -0.15) is 10.5 Å². The van der Waals surface area contributed by atoms with Crippen LogP contribution in [0.4, 0.5) is 5.82 Å². The fourth-order valence-electron chi connectivity index (χ4n) is 6.02. The first-order valence-electron chi connectivity index (χ1n) is 14.0. The van der Waals surface area contributed by atoms with E-state index >= 15 is 0 Å². The van der Waals surface area contributed by atoms with Crippen molar-refractivity contribution in [1.82, 2.24) is 14.9 Å². The van der Waals surface area contributed by atoms with Crippen molar-refractivity contribution in [3.05, 3.63) is 46.9 Å². The summed E-state index contributed by atoms with van der Waals surface area (Å²) in [5.74, 6) is 2.67. The largest absolute Gasteiger partial charge is 0.352 e. The smallest absolute Gasteiger partial charge is 0.222 e. The van der Waals surface area contributed by atoms with E-state index in [9.17, 15) is 15.3 Å². The topological polar surface area (TPSA) is 96.9 Å². The van der Waals surface area contributed by atoms with Crippen LogP contribution in [0.1, 0.15) is 85.4 Å². The normalized spacial score (nSPS) is 21.1. The number of rotatable bonds is 8. The molecule has 0 bridgehead atoms. The Hall–Kier alpha value is -3.71. The minimum atomic E-state index is 0.189. The van der Waals surface area contributed by atoms with Gasteiger partial charge >= 0.3 is 0 Å². The molecular weight excluding hydrogens is 472 g/mol. The molecule has 3 aliphatic carbocycles. The number of anilines is 1. The Balaban J connectivity index is 1.36. The van der Waals surface area contributed by atoms with Gasteiger partial charge in [-0.3, -0.25) is 9.78 Å². The molecule has 194 valence electrons. The highest BCUT2D eigenvalue weighted by Crippen LogP contribution is 2.47. The Morgan fingerprint density at radius 1 is 1.16 bits per heavy atom. The molecule has 2 aromatic rings. The van der Waals surface area contributed by atoms with E-state index in [2.05, 4.69) is 33.5 Å². The van der Waals surface area contributed by atoms with Crippen LogP contribution in [-0.4, -0.2) is 46.5 Å². The molecule has 0 radical (unpaired) electrons. The van der Waals surface area contributed by atoms with E-state index in [-0.39, 0.29) is 6.04 Å². The van der Waals surface area contributed by atoms with E-state index < -0.39 is 0 Å². The van der Waals surface area contributed by atoms with E-state index in [4.69, 9.17) is 4.98 Å². The van der Waals surface area contributed by atoms with Crippen molar-refractivity contribution < 1.29 is 4.79 Å². The summed E-state index contributed by atoms with van der Waals surface area (Å²) >= 11 is 0. The Morgan fingerprint density at radius 3 is 2.58 bits per heavy atom. The summed E-state index contributed by atoms with van der Waals surface area (Å²) in [5.41, 5.74) is 5.23. The lowest BCUT2D eigenvalue weighted by Gasteiger charge is -2.43. The predicted molar refractivity (Wildman–Crippen MR) is 146 cm³/mol. The number of nitriles is 2. The Bertz CT molecular complexity index is 1370. The molecule has 4 aliphatic rings. The van der Waals surface area contributed by atoms with Gasteiger partial charge in [-0.15, -0.1) is 0 Å². The Labute approximate surface area is 224 Å². The molecule has 1 atom stereocenters. The number of nitrogens with zero attached hydrogens (tertiary/aromatic N) is 6. The second-order valence-corrected chi connectivity index (χ2v) is 11.5. The fraction of sp³-hybridized carbons (Fsp3) is 0.516. The van der Waals surface area contributed by atoms with Crippen molar-refractivity contribution in [3.63, 3.8) is 0 Å². The molecule has 3 heterocycles. The zero-order valence-electron chi connectivity index (χ0n) is 22.1. The van der Waals surface area contributed by atoms with Gasteiger partial charge in [0.15, 0.2) is 0 Å². The summed E-state index contributed by atoms with van der Waals surface area (Å²) in [6.45, 7) is 7.92. The van der Waals surface area contributed by atoms with Gasteiger partial charge in [0.05, 0.1) is 28.6 Å². The molecule has 1 amide bonds. The number of carbonyl (C=O) groups excluding carboxylic acids is 1. The molecule has 7 nitrogen and oxygen atoms in total. The van der Waals surface area contributed by atoms with E-state index in [1.807, 2.05) is 13.0 Å². The van der Waals surface area contributed by atoms with Gasteiger partial charge in [0.2, 0.25) is 5.91 Å². The molecule has 2 aromatic heterocycles. The molecular formula is C31H34N6O. The molecule has 0 N–H and O–H groups in total. The predicted octanol–water partition coefficient (Wildman–Crippen LogP) is 5.33. The maximum atomic E-state index is 13.2. The highest BCUT2D eigenvalue weighted by Gasteiger charge is 2.42. The van der Waals surface area contributed by atoms with Crippen LogP contribution in [0, 0.1) is 41.4 Å². The second kappa shape index (κ2) is 9.87. The van der Waals surface area contributed by atoms with Crippen LogP contribution in [0.5, 0.6) is 0 Å². The molecule has 6 rings (SSSR count). The van der Waals surface area contributed by atoms with Crippen LogP contribution in [0.3, 0.4) is 0 Å². The molecule has 0 aromatic carbocycles. The first kappa shape index (κ1) is 24.6. The number of piperazine rings is 1. The first-order valence-corrected chi connectivity index (χ1v) is 14.0. The third kappa shape index (κ3) is 4.67. The number of hydrogen-bond acceptors (Lipinski definition) is 6. The fourth-order valence-corrected chi connectivity index (χ4v) is 6.02. The molecule has 3 saturated carbocycles. The summed E-state index contributed by atoms with van der Waals surface area (Å²) in [5, 5.41) is 20.2. The standard InChI is InChI=1S/C31H34N6O/c1-3-24-14-25(23(15-32)17-34-24)29-19(2)26(16-33)31(35-30(29)22-9-10-22)36-12-13-37(27(18-36)21-7-8-21)28(38)11-6-20-4-5-20/h3,14,17,20-22,27H,1,4-13,18H2,2H3. The molecule has 4 fully saturated rings. The van der Waals surface area contributed by atoms with Crippen LogP contribution in [0.25, 0.3) is 17.2 Å². The van der Waals surface area contributed by atoms with Crippen LogP contribution in [0.15, 0.2) is 18.8 Å². The minimum absolute atomic E-state index is 0.189. The Morgan fingerprint density at radius 2 is 1.95 bits per heavy atom. The lowest BCUT2D eigenvalue weighted by Crippen LogP contribution is -2.56. The summed E-state index contributed by atoms with van der Waals surface area (Å²) in [6.07, 6.45) is 11.9. The van der Waals surface area contributed by atoms with Gasteiger partial charge < -0.3 is 9.80 Å². The van der Waals surface area contributed by atoms with Crippen molar-refractivity contribution in [1.29, 1.82) is 10.5 Å². The first-order chi connectivity index (χ1) is 18.5. The lowest BCUT2D eigenvalue weighted by molar-refractivity contribution is -0.134. The van der Waals surface area contributed by atoms with Gasteiger partial charge in [-0.25, -0.2) is 4.98 Å². The number of aromatic nitrogens is 2. The summed E-state index contributed by atoms with van der Waals surface area (Å²) in [7, 11) is 0. The average Bonchev–Trinajstić information content (AvgIpc) is 3.79. The van der Waals surface area contributed by atoms with Gasteiger partial charge in [-0.05, 0) is 68.6 Å². The van der Waals surface area contributed by atoms with Crippen molar-refractivity contribution in [2.45, 2.75) is 70.3 Å². The van der Waals surface area contributed by atoms with E-state index in [0.29, 0.717) is 54.1 Å². The maximum Gasteiger partial charge on any atom is 0.222 e. The molecule has 7 heteroatoms. The number of pyridine rings is 2. The van der Waals surface area contributed by atoms with Crippen molar-refractivity contribution in [2.24, 2.45) is 11.8 Å². The van der Waals surface area contributed by atoms with Crippen LogP contribution < -0.4 is 4.90 Å². The number of carbonyl (C=O) groups is 1. The molecule has 1 unspecified atom stereocenters. The van der Waals surface area contributed by atoms with Gasteiger partial charge in [-0.1, -0.05) is 19.4 Å². The maximum absolute atomic E-state index is 13.2. The lowest BCUT2D eigenvalue weighted by atomic mass is 9.91. The quantitative estimate of drug-likeness (QED) is 0.480. The zero-order valence-corrected chi connectivity index (χ0v) is 22.1. The van der Waals surface area contributed by atoms with Gasteiger partial charge in [0.1, 0.15) is 18.0 Å². The number of hydrogen-bond donors (Lipinski definition) is 0. The Kier molecular flexibility index (Phi) is 6.40. The summed E-state index contributed by atoms with van der Waals surface area (Å²) in [4.78, 5) is 27.1. The molecule has 1 saturated heterocycles. The highest BCUT2D eigenvalue weighted by molar-refractivity contribution is 5.81. The van der Waals surface area contributed by atoms with Crippen molar-refractivity contribution in [2.75, 3.05) is 24.5 Å². The molecule has 38 heavy (non-hydrogen) atoms.